The number of unbranched alkanes of at least 4 members (excludes halogenated alkanes) is 12. The molecule has 14 heteroatoms. The molecular formula is C53H87O13P. The molecule has 0 heterocycles. The van der Waals surface area contributed by atoms with Crippen LogP contribution in [0, 0.1) is 0 Å². The molecule has 0 aromatic heterocycles. The van der Waals surface area contributed by atoms with E-state index in [4.69, 9.17) is 18.5 Å². The van der Waals surface area contributed by atoms with Gasteiger partial charge >= 0.3 is 19.8 Å². The number of aliphatic hydroxyl groups excluding tert-OH is 5. The Morgan fingerprint density at radius 3 is 1.19 bits per heavy atom. The number of ether oxygens (including phenoxy) is 2. The molecule has 67 heavy (non-hydrogen) atoms. The smallest absolute Gasteiger partial charge is 0.462 e. The van der Waals surface area contributed by atoms with Gasteiger partial charge < -0.3 is 39.9 Å². The highest BCUT2D eigenvalue weighted by Crippen LogP contribution is 2.47. The molecule has 382 valence electrons. The van der Waals surface area contributed by atoms with E-state index in [0.717, 1.165) is 89.9 Å². The first-order valence-corrected chi connectivity index (χ1v) is 26.5. The van der Waals surface area contributed by atoms with E-state index in [2.05, 4.69) is 111 Å². The van der Waals surface area contributed by atoms with E-state index < -0.39 is 75.7 Å². The zero-order valence-corrected chi connectivity index (χ0v) is 41.5. The summed E-state index contributed by atoms with van der Waals surface area (Å²) in [6.45, 7) is 3.19. The van der Waals surface area contributed by atoms with E-state index >= 15 is 0 Å². The summed E-state index contributed by atoms with van der Waals surface area (Å²) in [6.07, 6.45) is 43.0. The summed E-state index contributed by atoms with van der Waals surface area (Å²) in [7, 11) is -5.15. The number of esters is 2. The normalized spacial score (nSPS) is 22.0. The van der Waals surface area contributed by atoms with Gasteiger partial charge in [0.1, 0.15) is 43.2 Å². The minimum atomic E-state index is -5.15. The summed E-state index contributed by atoms with van der Waals surface area (Å²) < 4.78 is 33.5. The largest absolute Gasteiger partial charge is 0.472 e. The summed E-state index contributed by atoms with van der Waals surface area (Å²) in [5.41, 5.74) is 0. The van der Waals surface area contributed by atoms with Crippen LogP contribution in [0.1, 0.15) is 168 Å². The number of phosphoric ester groups is 1. The molecule has 6 N–H and O–H groups in total. The number of hydrogen-bond acceptors (Lipinski definition) is 12. The molecule has 0 aromatic rings. The van der Waals surface area contributed by atoms with Crippen molar-refractivity contribution in [2.75, 3.05) is 13.2 Å². The Hall–Kier alpha value is -3.23. The van der Waals surface area contributed by atoms with Crippen molar-refractivity contribution >= 4 is 19.8 Å². The number of phosphoric acid groups is 1. The van der Waals surface area contributed by atoms with Gasteiger partial charge in [0.25, 0.3) is 0 Å². The first-order chi connectivity index (χ1) is 32.4. The lowest BCUT2D eigenvalue weighted by molar-refractivity contribution is -0.220. The predicted molar refractivity (Wildman–Crippen MR) is 267 cm³/mol. The van der Waals surface area contributed by atoms with Crippen LogP contribution in [-0.4, -0.2) is 98.3 Å². The summed E-state index contributed by atoms with van der Waals surface area (Å²) in [6, 6.07) is 0. The first-order valence-electron chi connectivity index (χ1n) is 25.0. The highest BCUT2D eigenvalue weighted by Gasteiger charge is 2.51. The average Bonchev–Trinajstić information content (AvgIpc) is 3.31. The van der Waals surface area contributed by atoms with Crippen molar-refractivity contribution in [3.8, 4) is 0 Å². The molecular weight excluding hydrogens is 876 g/mol. The first kappa shape index (κ1) is 61.8. The maximum absolute atomic E-state index is 12.8. The van der Waals surface area contributed by atoms with Crippen LogP contribution in [0.25, 0.3) is 0 Å². The number of carbonyl (C=O) groups excluding carboxylic acids is 2. The predicted octanol–water partition coefficient (Wildman–Crippen LogP) is 10.6. The molecule has 8 atom stereocenters. The zero-order chi connectivity index (χ0) is 49.2. The van der Waals surface area contributed by atoms with Crippen LogP contribution in [0.15, 0.2) is 97.2 Å². The van der Waals surface area contributed by atoms with Crippen LogP contribution >= 0.6 is 7.82 Å². The molecule has 0 radical (unpaired) electrons. The van der Waals surface area contributed by atoms with E-state index in [1.54, 1.807) is 0 Å². The van der Waals surface area contributed by atoms with Crippen LogP contribution in [0.4, 0.5) is 0 Å². The third-order valence-electron chi connectivity index (χ3n) is 10.9. The van der Waals surface area contributed by atoms with Crippen LogP contribution in [0.3, 0.4) is 0 Å². The summed E-state index contributed by atoms with van der Waals surface area (Å²) in [5, 5.41) is 50.2. The molecule has 0 aliphatic heterocycles. The number of hydrogen-bond donors (Lipinski definition) is 6. The fourth-order valence-corrected chi connectivity index (χ4v) is 7.81. The van der Waals surface area contributed by atoms with Crippen LogP contribution in [0.5, 0.6) is 0 Å². The van der Waals surface area contributed by atoms with Crippen molar-refractivity contribution in [1.29, 1.82) is 0 Å². The van der Waals surface area contributed by atoms with Crippen molar-refractivity contribution < 1.29 is 63.1 Å². The highest BCUT2D eigenvalue weighted by atomic mass is 31.2. The Morgan fingerprint density at radius 2 is 0.806 bits per heavy atom. The van der Waals surface area contributed by atoms with Crippen LogP contribution in [-0.2, 0) is 32.7 Å². The molecule has 0 amide bonds. The quantitative estimate of drug-likeness (QED) is 0.0146. The zero-order valence-electron chi connectivity index (χ0n) is 40.7. The van der Waals surface area contributed by atoms with Crippen molar-refractivity contribution in [2.45, 2.75) is 211 Å². The third-order valence-corrected chi connectivity index (χ3v) is 11.9. The van der Waals surface area contributed by atoms with E-state index in [1.165, 1.54) is 38.5 Å². The SMILES string of the molecule is CCCCC/C=C\C/C=C\C/C=C\C/C=C\CCCCCC(=O)OC[C@H](COP(=O)(O)OC1C(O)C(O)C(O)[C@@H](O)C1O)OC(=O)CCCCC/C=C\C/C=C\C/C=C\C/C=C\CCCCC. The van der Waals surface area contributed by atoms with Gasteiger partial charge in [0, 0.05) is 12.8 Å². The van der Waals surface area contributed by atoms with Gasteiger partial charge in [-0.15, -0.1) is 0 Å². The molecule has 0 aromatic carbocycles. The van der Waals surface area contributed by atoms with Crippen molar-refractivity contribution in [1.82, 2.24) is 0 Å². The second-order valence-electron chi connectivity index (χ2n) is 17.0. The van der Waals surface area contributed by atoms with E-state index in [9.17, 15) is 44.6 Å². The van der Waals surface area contributed by atoms with Gasteiger partial charge in [0.05, 0.1) is 6.61 Å². The number of aliphatic hydroxyl groups is 5. The maximum atomic E-state index is 12.8. The molecule has 1 rings (SSSR count). The molecule has 1 aliphatic rings. The Labute approximate surface area is 402 Å². The van der Waals surface area contributed by atoms with Gasteiger partial charge in [-0.05, 0) is 103 Å². The molecule has 0 bridgehead atoms. The van der Waals surface area contributed by atoms with E-state index in [1.807, 2.05) is 0 Å². The molecule has 6 unspecified atom stereocenters. The molecule has 1 saturated carbocycles. The van der Waals surface area contributed by atoms with Crippen LogP contribution in [0.2, 0.25) is 0 Å². The topological polar surface area (TPSA) is 210 Å². The Morgan fingerprint density at radius 1 is 0.463 bits per heavy atom. The summed E-state index contributed by atoms with van der Waals surface area (Å²) >= 11 is 0. The third kappa shape index (κ3) is 33.8. The van der Waals surface area contributed by atoms with Crippen molar-refractivity contribution in [3.05, 3.63) is 97.2 Å². The number of allylic oxidation sites excluding steroid dienone is 16. The Balaban J connectivity index is 2.49. The van der Waals surface area contributed by atoms with E-state index in [0.29, 0.717) is 12.8 Å². The summed E-state index contributed by atoms with van der Waals surface area (Å²) in [5.74, 6) is -1.18. The standard InChI is InChI=1S/C53H87O13P/c1-3-5-7-9-11-13-15-17-19-21-23-25-27-29-31-33-35-37-39-41-46(54)63-43-45(44-64-67(61,62)66-53-51(59)49(57)48(56)50(58)52(53)60)65-47(55)42-40-38-36-34-32-30-28-26-24-22-20-18-16-14-12-10-8-6-4-2/h11-14,17-20,23-26,29-32,45,48-53,56-60H,3-10,15-16,21-22,27-28,33-44H2,1-2H3,(H,61,62)/b13-11-,14-12-,19-17-,20-18-,25-23-,26-24-,31-29-,32-30-/t45-,48?,49-,50?,51?,52?,53?/m1/s1. The molecule has 1 fully saturated rings. The minimum Gasteiger partial charge on any atom is -0.462 e. The number of rotatable bonds is 40. The monoisotopic (exact) mass is 963 g/mol. The van der Waals surface area contributed by atoms with Gasteiger partial charge in [0.2, 0.25) is 0 Å². The lowest BCUT2D eigenvalue weighted by Crippen LogP contribution is -2.64. The van der Waals surface area contributed by atoms with Crippen molar-refractivity contribution in [3.63, 3.8) is 0 Å². The van der Waals surface area contributed by atoms with Gasteiger partial charge in [-0.3, -0.25) is 18.6 Å². The van der Waals surface area contributed by atoms with E-state index in [-0.39, 0.29) is 12.8 Å². The minimum absolute atomic E-state index is 0.0460. The number of carbonyl (C=O) groups is 2. The fraction of sp³-hybridized carbons (Fsp3) is 0.660. The van der Waals surface area contributed by atoms with Gasteiger partial charge in [-0.2, -0.15) is 0 Å². The average molecular weight is 963 g/mol. The second-order valence-corrected chi connectivity index (χ2v) is 18.4. The van der Waals surface area contributed by atoms with Crippen LogP contribution < -0.4 is 0 Å². The molecule has 13 nitrogen and oxygen atoms in total. The molecule has 1 aliphatic carbocycles. The highest BCUT2D eigenvalue weighted by molar-refractivity contribution is 7.47. The Bertz CT molecular complexity index is 1530. The summed E-state index contributed by atoms with van der Waals surface area (Å²) in [4.78, 5) is 35.8. The van der Waals surface area contributed by atoms with Gasteiger partial charge in [-0.25, -0.2) is 4.57 Å². The molecule has 0 saturated heterocycles. The second kappa shape index (κ2) is 41.7. The lowest BCUT2D eigenvalue weighted by Gasteiger charge is -2.41. The lowest BCUT2D eigenvalue weighted by atomic mass is 9.85. The van der Waals surface area contributed by atoms with Crippen molar-refractivity contribution in [2.24, 2.45) is 0 Å². The maximum Gasteiger partial charge on any atom is 0.472 e. The fourth-order valence-electron chi connectivity index (χ4n) is 6.84. The molecule has 0 spiro atoms. The Kier molecular flexibility index (Phi) is 38.5. The van der Waals surface area contributed by atoms with Gasteiger partial charge in [-0.1, -0.05) is 150 Å². The van der Waals surface area contributed by atoms with Gasteiger partial charge in [0.15, 0.2) is 6.10 Å².